The van der Waals surface area contributed by atoms with Gasteiger partial charge in [0, 0.05) is 12.1 Å². The van der Waals surface area contributed by atoms with Crippen molar-refractivity contribution in [2.45, 2.75) is 19.9 Å². The first kappa shape index (κ1) is 10.1. The van der Waals surface area contributed by atoms with Gasteiger partial charge in [-0.05, 0) is 25.6 Å². The number of rotatable bonds is 3. The second-order valence-corrected chi connectivity index (χ2v) is 3.08. The fourth-order valence-electron chi connectivity index (χ4n) is 1.33. The molecule has 0 aliphatic rings. The summed E-state index contributed by atoms with van der Waals surface area (Å²) in [6.45, 7) is 2.45. The maximum atomic E-state index is 12.3. The predicted molar refractivity (Wildman–Crippen MR) is 48.9 cm³/mol. The molecule has 0 heterocycles. The van der Waals surface area contributed by atoms with E-state index in [9.17, 15) is 8.78 Å². The topological polar surface area (TPSA) is 12.0 Å². The Labute approximate surface area is 76.8 Å². The van der Waals surface area contributed by atoms with Gasteiger partial charge in [0.05, 0.1) is 0 Å². The molecule has 0 saturated carbocycles. The van der Waals surface area contributed by atoms with Crippen LogP contribution < -0.4 is 5.32 Å². The average molecular weight is 185 g/mol. The van der Waals surface area contributed by atoms with Crippen molar-refractivity contribution in [3.63, 3.8) is 0 Å². The molecule has 0 radical (unpaired) electrons. The van der Waals surface area contributed by atoms with Crippen LogP contribution in [0.3, 0.4) is 0 Å². The lowest BCUT2D eigenvalue weighted by atomic mass is 10.1. The molecular formula is C10H13F2N. The fourth-order valence-corrected chi connectivity index (χ4v) is 1.33. The van der Waals surface area contributed by atoms with E-state index in [4.69, 9.17) is 0 Å². The van der Waals surface area contributed by atoms with Crippen molar-refractivity contribution < 1.29 is 8.78 Å². The molecule has 0 bridgehead atoms. The third-order valence-corrected chi connectivity index (χ3v) is 1.79. The minimum atomic E-state index is -2.38. The van der Waals surface area contributed by atoms with Crippen molar-refractivity contribution in [2.24, 2.45) is 0 Å². The van der Waals surface area contributed by atoms with Gasteiger partial charge in [-0.25, -0.2) is 8.78 Å². The summed E-state index contributed by atoms with van der Waals surface area (Å²) >= 11 is 0. The van der Waals surface area contributed by atoms with Crippen LogP contribution in [0.1, 0.15) is 23.1 Å². The van der Waals surface area contributed by atoms with Crippen LogP contribution in [0, 0.1) is 6.92 Å². The first-order chi connectivity index (χ1) is 6.13. The molecule has 1 aromatic rings. The Kier molecular flexibility index (Phi) is 3.37. The van der Waals surface area contributed by atoms with Crippen LogP contribution in [0.5, 0.6) is 0 Å². The molecule has 3 heteroatoms. The minimum Gasteiger partial charge on any atom is -0.316 e. The van der Waals surface area contributed by atoms with Crippen LogP contribution >= 0.6 is 0 Å². The summed E-state index contributed by atoms with van der Waals surface area (Å²) in [5, 5.41) is 2.93. The van der Waals surface area contributed by atoms with Gasteiger partial charge >= 0.3 is 0 Å². The summed E-state index contributed by atoms with van der Waals surface area (Å²) in [5.41, 5.74) is 1.88. The van der Waals surface area contributed by atoms with Gasteiger partial charge in [0.25, 0.3) is 6.43 Å². The Morgan fingerprint density at radius 2 is 2.00 bits per heavy atom. The molecule has 0 unspecified atom stereocenters. The van der Waals surface area contributed by atoms with E-state index < -0.39 is 6.43 Å². The maximum absolute atomic E-state index is 12.3. The maximum Gasteiger partial charge on any atom is 0.263 e. The van der Waals surface area contributed by atoms with Crippen molar-refractivity contribution in [1.29, 1.82) is 0 Å². The number of alkyl halides is 2. The molecule has 0 saturated heterocycles. The molecule has 13 heavy (non-hydrogen) atoms. The largest absolute Gasteiger partial charge is 0.316 e. The predicted octanol–water partition coefficient (Wildman–Crippen LogP) is 2.65. The van der Waals surface area contributed by atoms with Crippen LogP contribution in [-0.2, 0) is 6.54 Å². The Hall–Kier alpha value is -0.960. The van der Waals surface area contributed by atoms with Gasteiger partial charge < -0.3 is 5.32 Å². The lowest BCUT2D eigenvalue weighted by Gasteiger charge is -2.06. The highest BCUT2D eigenvalue weighted by molar-refractivity contribution is 5.30. The summed E-state index contributed by atoms with van der Waals surface area (Å²) < 4.78 is 24.7. The second kappa shape index (κ2) is 4.33. The highest BCUT2D eigenvalue weighted by atomic mass is 19.3. The highest BCUT2D eigenvalue weighted by Crippen LogP contribution is 2.21. The third-order valence-electron chi connectivity index (χ3n) is 1.79. The number of benzene rings is 1. The highest BCUT2D eigenvalue weighted by Gasteiger charge is 2.07. The SMILES string of the molecule is CNCc1cc(C)cc(C(F)F)c1. The monoisotopic (exact) mass is 185 g/mol. The lowest BCUT2D eigenvalue weighted by Crippen LogP contribution is -2.05. The molecule has 0 amide bonds. The van der Waals surface area contributed by atoms with E-state index in [0.717, 1.165) is 11.1 Å². The van der Waals surface area contributed by atoms with E-state index in [1.165, 1.54) is 12.1 Å². The summed E-state index contributed by atoms with van der Waals surface area (Å²) in [5.74, 6) is 0. The zero-order valence-electron chi connectivity index (χ0n) is 7.77. The van der Waals surface area contributed by atoms with Crippen LogP contribution in [0.15, 0.2) is 18.2 Å². The molecule has 0 fully saturated rings. The van der Waals surface area contributed by atoms with Crippen molar-refractivity contribution in [1.82, 2.24) is 5.32 Å². The zero-order valence-corrected chi connectivity index (χ0v) is 7.77. The van der Waals surface area contributed by atoms with Crippen LogP contribution in [0.25, 0.3) is 0 Å². The van der Waals surface area contributed by atoms with Gasteiger partial charge in [0.1, 0.15) is 0 Å². The molecule has 1 aromatic carbocycles. The van der Waals surface area contributed by atoms with Crippen LogP contribution in [0.2, 0.25) is 0 Å². The van der Waals surface area contributed by atoms with Crippen LogP contribution in [0.4, 0.5) is 8.78 Å². The molecule has 0 atom stereocenters. The van der Waals surface area contributed by atoms with Crippen molar-refractivity contribution in [3.8, 4) is 0 Å². The number of nitrogens with one attached hydrogen (secondary N) is 1. The molecule has 1 rings (SSSR count). The molecule has 0 aliphatic carbocycles. The first-order valence-corrected chi connectivity index (χ1v) is 4.16. The van der Waals surface area contributed by atoms with Gasteiger partial charge in [0.2, 0.25) is 0 Å². The summed E-state index contributed by atoms with van der Waals surface area (Å²) in [6.07, 6.45) is -2.38. The molecule has 1 nitrogen and oxygen atoms in total. The molecule has 1 N–H and O–H groups in total. The van der Waals surface area contributed by atoms with Gasteiger partial charge in [-0.2, -0.15) is 0 Å². The van der Waals surface area contributed by atoms with E-state index in [0.29, 0.717) is 6.54 Å². The lowest BCUT2D eigenvalue weighted by molar-refractivity contribution is 0.151. The van der Waals surface area contributed by atoms with E-state index in [1.54, 1.807) is 7.05 Å². The number of aryl methyl sites for hydroxylation is 1. The summed E-state index contributed by atoms with van der Waals surface area (Å²) in [4.78, 5) is 0. The Morgan fingerprint density at radius 3 is 2.54 bits per heavy atom. The molecule has 0 aliphatic heterocycles. The molecular weight excluding hydrogens is 172 g/mol. The number of hydrogen-bond acceptors (Lipinski definition) is 1. The van der Waals surface area contributed by atoms with Crippen molar-refractivity contribution >= 4 is 0 Å². The first-order valence-electron chi connectivity index (χ1n) is 4.16. The Morgan fingerprint density at radius 1 is 1.31 bits per heavy atom. The average Bonchev–Trinajstić information content (AvgIpc) is 2.03. The van der Waals surface area contributed by atoms with Crippen molar-refractivity contribution in [3.05, 3.63) is 34.9 Å². The quantitative estimate of drug-likeness (QED) is 0.763. The molecule has 0 spiro atoms. The van der Waals surface area contributed by atoms with Gasteiger partial charge in [-0.15, -0.1) is 0 Å². The van der Waals surface area contributed by atoms with Gasteiger partial charge in [0.15, 0.2) is 0 Å². The van der Waals surface area contributed by atoms with Crippen LogP contribution in [-0.4, -0.2) is 7.05 Å². The zero-order chi connectivity index (χ0) is 9.84. The number of halogens is 2. The van der Waals surface area contributed by atoms with Gasteiger partial charge in [-0.1, -0.05) is 17.7 Å². The molecule has 0 aromatic heterocycles. The Balaban J connectivity index is 2.96. The minimum absolute atomic E-state index is 0.102. The summed E-state index contributed by atoms with van der Waals surface area (Å²) in [6, 6.07) is 4.96. The normalized spacial score (nSPS) is 10.8. The number of hydrogen-bond donors (Lipinski definition) is 1. The smallest absolute Gasteiger partial charge is 0.263 e. The third kappa shape index (κ3) is 2.77. The molecule has 72 valence electrons. The standard InChI is InChI=1S/C10H13F2N/c1-7-3-8(6-13-2)5-9(4-7)10(11)12/h3-5,10,13H,6H2,1-2H3. The Bertz CT molecular complexity index is 284. The van der Waals surface area contributed by atoms with E-state index >= 15 is 0 Å². The van der Waals surface area contributed by atoms with Gasteiger partial charge in [-0.3, -0.25) is 0 Å². The van der Waals surface area contributed by atoms with E-state index in [2.05, 4.69) is 5.32 Å². The fraction of sp³-hybridized carbons (Fsp3) is 0.400. The van der Waals surface area contributed by atoms with Crippen molar-refractivity contribution in [2.75, 3.05) is 7.05 Å². The van der Waals surface area contributed by atoms with E-state index in [-0.39, 0.29) is 5.56 Å². The van der Waals surface area contributed by atoms with E-state index in [1.807, 2.05) is 13.0 Å². The summed E-state index contributed by atoms with van der Waals surface area (Å²) in [7, 11) is 1.80. The second-order valence-electron chi connectivity index (χ2n) is 3.08.